The summed E-state index contributed by atoms with van der Waals surface area (Å²) in [5.74, 6) is 1.22. The molecule has 6 rings (SSSR count). The smallest absolute Gasteiger partial charge is 0.221 e. The molecule has 0 spiro atoms. The summed E-state index contributed by atoms with van der Waals surface area (Å²) in [5.41, 5.74) is 5.51. The highest BCUT2D eigenvalue weighted by Gasteiger charge is 2.42. The van der Waals surface area contributed by atoms with Crippen LogP contribution in [0.1, 0.15) is 44.9 Å². The molecular formula is C25H28N4O. The van der Waals surface area contributed by atoms with Gasteiger partial charge in [-0.2, -0.15) is 0 Å². The number of benzene rings is 2. The van der Waals surface area contributed by atoms with Crippen molar-refractivity contribution in [1.82, 2.24) is 14.5 Å². The number of imidazole rings is 1. The van der Waals surface area contributed by atoms with E-state index in [1.165, 1.54) is 55.9 Å². The summed E-state index contributed by atoms with van der Waals surface area (Å²) in [6, 6.07) is 16.9. The van der Waals surface area contributed by atoms with Crippen LogP contribution in [0.2, 0.25) is 0 Å². The number of aromatic nitrogens is 2. The molecule has 154 valence electrons. The fourth-order valence-electron chi connectivity index (χ4n) is 5.74. The molecule has 1 amide bonds. The summed E-state index contributed by atoms with van der Waals surface area (Å²) < 4.78 is 2.49. The van der Waals surface area contributed by atoms with E-state index in [-0.39, 0.29) is 5.91 Å². The number of nitrogens with one attached hydrogen (secondary N) is 1. The first-order chi connectivity index (χ1) is 14.7. The van der Waals surface area contributed by atoms with Gasteiger partial charge in [0, 0.05) is 43.7 Å². The van der Waals surface area contributed by atoms with Crippen molar-refractivity contribution in [3.05, 3.63) is 48.3 Å². The van der Waals surface area contributed by atoms with Gasteiger partial charge in [-0.1, -0.05) is 24.6 Å². The van der Waals surface area contributed by atoms with Crippen LogP contribution >= 0.6 is 0 Å². The third-order valence-corrected chi connectivity index (χ3v) is 7.35. The first-order valence-corrected chi connectivity index (χ1v) is 11.3. The minimum absolute atomic E-state index is 0.0477. The Balaban J connectivity index is 1.31. The van der Waals surface area contributed by atoms with E-state index in [1.54, 1.807) is 0 Å². The van der Waals surface area contributed by atoms with Gasteiger partial charge < -0.3 is 9.88 Å². The minimum atomic E-state index is -0.0477. The number of amides is 1. The molecule has 5 nitrogen and oxygen atoms in total. The highest BCUT2D eigenvalue weighted by molar-refractivity contribution is 5.89. The van der Waals surface area contributed by atoms with Crippen LogP contribution in [0.25, 0.3) is 22.2 Å². The largest absolute Gasteiger partial charge is 0.326 e. The van der Waals surface area contributed by atoms with Gasteiger partial charge in [0.2, 0.25) is 5.91 Å². The summed E-state index contributed by atoms with van der Waals surface area (Å²) >= 11 is 0. The number of hydrogen-bond donors (Lipinski definition) is 1. The Morgan fingerprint density at radius 2 is 1.73 bits per heavy atom. The monoisotopic (exact) mass is 400 g/mol. The molecule has 2 aromatic carbocycles. The molecule has 1 N–H and O–H groups in total. The van der Waals surface area contributed by atoms with Crippen LogP contribution in [-0.2, 0) is 17.8 Å². The highest BCUT2D eigenvalue weighted by atomic mass is 16.1. The third kappa shape index (κ3) is 2.95. The first kappa shape index (κ1) is 18.1. The molecule has 5 heteroatoms. The molecular weight excluding hydrogens is 372 g/mol. The van der Waals surface area contributed by atoms with E-state index in [1.807, 2.05) is 12.1 Å². The van der Waals surface area contributed by atoms with Gasteiger partial charge in [0.15, 0.2) is 0 Å². The Kier molecular flexibility index (Phi) is 4.20. The van der Waals surface area contributed by atoms with E-state index in [9.17, 15) is 4.79 Å². The van der Waals surface area contributed by atoms with Crippen molar-refractivity contribution in [2.45, 2.75) is 70.1 Å². The van der Waals surface area contributed by atoms with Gasteiger partial charge in [-0.25, -0.2) is 4.98 Å². The quantitative estimate of drug-likeness (QED) is 0.699. The van der Waals surface area contributed by atoms with Crippen molar-refractivity contribution < 1.29 is 4.79 Å². The number of nitrogens with zero attached hydrogens (tertiary/aromatic N) is 3. The van der Waals surface area contributed by atoms with Gasteiger partial charge in [-0.3, -0.25) is 9.69 Å². The molecule has 1 saturated carbocycles. The van der Waals surface area contributed by atoms with Crippen LogP contribution in [0.4, 0.5) is 5.69 Å². The van der Waals surface area contributed by atoms with E-state index in [4.69, 9.17) is 4.98 Å². The van der Waals surface area contributed by atoms with Gasteiger partial charge in [0.1, 0.15) is 5.82 Å². The number of hydrogen-bond acceptors (Lipinski definition) is 3. The number of fused-ring (bicyclic) bond motifs is 5. The minimum Gasteiger partial charge on any atom is -0.326 e. The summed E-state index contributed by atoms with van der Waals surface area (Å²) in [6.45, 7) is 2.62. The van der Waals surface area contributed by atoms with Gasteiger partial charge in [-0.05, 0) is 61.1 Å². The molecule has 2 aliphatic heterocycles. The lowest BCUT2D eigenvalue weighted by molar-refractivity contribution is -0.114. The average molecular weight is 401 g/mol. The molecule has 2 fully saturated rings. The van der Waals surface area contributed by atoms with Crippen LogP contribution in [0.3, 0.4) is 0 Å². The third-order valence-electron chi connectivity index (χ3n) is 7.35. The molecule has 3 aliphatic rings. The van der Waals surface area contributed by atoms with Crippen LogP contribution in [0.5, 0.6) is 0 Å². The molecule has 2 unspecified atom stereocenters. The molecule has 1 aliphatic carbocycles. The summed E-state index contributed by atoms with van der Waals surface area (Å²) in [7, 11) is 0. The lowest BCUT2D eigenvalue weighted by atomic mass is 9.90. The van der Waals surface area contributed by atoms with Crippen molar-refractivity contribution in [2.75, 3.05) is 5.32 Å². The zero-order valence-corrected chi connectivity index (χ0v) is 17.5. The first-order valence-electron chi connectivity index (χ1n) is 11.3. The average Bonchev–Trinajstić information content (AvgIpc) is 3.17. The Hall–Kier alpha value is -2.66. The van der Waals surface area contributed by atoms with Crippen LogP contribution in [0, 0.1) is 0 Å². The fraction of sp³-hybridized carbons (Fsp3) is 0.440. The van der Waals surface area contributed by atoms with E-state index in [2.05, 4.69) is 45.1 Å². The molecule has 2 bridgehead atoms. The van der Waals surface area contributed by atoms with Crippen LogP contribution < -0.4 is 5.32 Å². The van der Waals surface area contributed by atoms with E-state index >= 15 is 0 Å². The Labute approximate surface area is 177 Å². The van der Waals surface area contributed by atoms with E-state index < -0.39 is 0 Å². The number of carbonyl (C=O) groups excluding carboxylic acids is 1. The molecule has 30 heavy (non-hydrogen) atoms. The predicted molar refractivity (Wildman–Crippen MR) is 119 cm³/mol. The lowest BCUT2D eigenvalue weighted by Crippen LogP contribution is -2.48. The molecule has 0 radical (unpaired) electrons. The van der Waals surface area contributed by atoms with Crippen LogP contribution in [0.15, 0.2) is 42.5 Å². The maximum Gasteiger partial charge on any atom is 0.221 e. The van der Waals surface area contributed by atoms with E-state index in [0.717, 1.165) is 35.8 Å². The summed E-state index contributed by atoms with van der Waals surface area (Å²) in [5, 5.41) is 2.83. The van der Waals surface area contributed by atoms with Gasteiger partial charge in [0.25, 0.3) is 0 Å². The van der Waals surface area contributed by atoms with Crippen molar-refractivity contribution in [3.63, 3.8) is 0 Å². The maximum absolute atomic E-state index is 11.2. The van der Waals surface area contributed by atoms with Crippen molar-refractivity contribution in [1.29, 1.82) is 0 Å². The second-order valence-electron chi connectivity index (χ2n) is 9.22. The lowest BCUT2D eigenvalue weighted by Gasteiger charge is -2.41. The zero-order valence-electron chi connectivity index (χ0n) is 17.5. The predicted octanol–water partition coefficient (Wildman–Crippen LogP) is 4.60. The second kappa shape index (κ2) is 6.95. The summed E-state index contributed by atoms with van der Waals surface area (Å²) in [4.78, 5) is 19.2. The topological polar surface area (TPSA) is 50.2 Å². The highest BCUT2D eigenvalue weighted by Crippen LogP contribution is 2.40. The van der Waals surface area contributed by atoms with Crippen molar-refractivity contribution in [2.24, 2.45) is 0 Å². The standard InChI is InChI=1S/C25H28N4O/c1-16(30)26-19-8-5-17(6-9-19)18-7-12-24-23(13-18)27-25-14-21-10-11-22(15-28(24)25)29(21)20-3-2-4-20/h5-9,12-13,20-22H,2-4,10-11,14-15H2,1H3,(H,26,30). The molecule has 1 aromatic heterocycles. The number of carbonyl (C=O) groups is 1. The molecule has 3 aromatic rings. The van der Waals surface area contributed by atoms with Crippen molar-refractivity contribution in [3.8, 4) is 11.1 Å². The fourth-order valence-corrected chi connectivity index (χ4v) is 5.74. The summed E-state index contributed by atoms with van der Waals surface area (Å²) in [6.07, 6.45) is 7.93. The van der Waals surface area contributed by atoms with Crippen LogP contribution in [-0.4, -0.2) is 38.5 Å². The second-order valence-corrected chi connectivity index (χ2v) is 9.22. The molecule has 3 heterocycles. The van der Waals surface area contributed by atoms with Crippen molar-refractivity contribution >= 4 is 22.6 Å². The SMILES string of the molecule is CC(=O)Nc1ccc(-c2ccc3c(c2)nc2n3CC3CCC(C2)N3C2CCC2)cc1. The van der Waals surface area contributed by atoms with E-state index in [0.29, 0.717) is 12.1 Å². The normalized spacial score (nSPS) is 23.8. The van der Waals surface area contributed by atoms with Gasteiger partial charge in [0.05, 0.1) is 11.0 Å². The zero-order chi connectivity index (χ0) is 20.2. The van der Waals surface area contributed by atoms with Gasteiger partial charge >= 0.3 is 0 Å². The number of rotatable bonds is 3. The van der Waals surface area contributed by atoms with Gasteiger partial charge in [-0.15, -0.1) is 0 Å². The molecule has 1 saturated heterocycles. The molecule has 2 atom stereocenters. The Morgan fingerprint density at radius 1 is 0.967 bits per heavy atom. The number of anilines is 1. The Morgan fingerprint density at radius 3 is 2.47 bits per heavy atom. The Bertz CT molecular complexity index is 1110. The maximum atomic E-state index is 11.2.